The third kappa shape index (κ3) is 2.01. The second-order valence-corrected chi connectivity index (χ2v) is 4.57. The van der Waals surface area contributed by atoms with Gasteiger partial charge in [0.2, 0.25) is 0 Å². The zero-order chi connectivity index (χ0) is 9.35. The SMILES string of the molecule is Cc1cnc(S)cc1C(C)(C)C. The lowest BCUT2D eigenvalue weighted by Gasteiger charge is -2.21. The predicted octanol–water partition coefficient (Wildman–Crippen LogP) is 2.98. The molecule has 12 heavy (non-hydrogen) atoms. The summed E-state index contributed by atoms with van der Waals surface area (Å²) in [4.78, 5) is 4.12. The fraction of sp³-hybridized carbons (Fsp3) is 0.500. The van der Waals surface area contributed by atoms with Crippen LogP contribution in [0, 0.1) is 6.92 Å². The molecule has 0 radical (unpaired) electrons. The molecule has 0 fully saturated rings. The number of aromatic nitrogens is 1. The Labute approximate surface area is 79.6 Å². The minimum atomic E-state index is 0.185. The van der Waals surface area contributed by atoms with Crippen molar-refractivity contribution in [3.8, 4) is 0 Å². The van der Waals surface area contributed by atoms with Crippen LogP contribution in [0.25, 0.3) is 0 Å². The first kappa shape index (κ1) is 9.59. The maximum Gasteiger partial charge on any atom is 0.0932 e. The Morgan fingerprint density at radius 3 is 2.33 bits per heavy atom. The third-order valence-corrected chi connectivity index (χ3v) is 2.14. The van der Waals surface area contributed by atoms with E-state index in [0.717, 1.165) is 5.03 Å². The van der Waals surface area contributed by atoms with Crippen LogP contribution in [0.2, 0.25) is 0 Å². The molecule has 1 aromatic heterocycles. The zero-order valence-electron chi connectivity index (χ0n) is 8.05. The van der Waals surface area contributed by atoms with E-state index in [2.05, 4.69) is 45.3 Å². The van der Waals surface area contributed by atoms with Gasteiger partial charge in [-0.25, -0.2) is 4.98 Å². The molecule has 0 unspecified atom stereocenters. The summed E-state index contributed by atoms with van der Waals surface area (Å²) >= 11 is 4.22. The largest absolute Gasteiger partial charge is 0.250 e. The number of hydrogen-bond donors (Lipinski definition) is 1. The van der Waals surface area contributed by atoms with Crippen LogP contribution in [-0.4, -0.2) is 4.98 Å². The van der Waals surface area contributed by atoms with Crippen molar-refractivity contribution >= 4 is 12.6 Å². The Hall–Kier alpha value is -0.500. The van der Waals surface area contributed by atoms with Crippen molar-refractivity contribution in [2.45, 2.75) is 38.1 Å². The van der Waals surface area contributed by atoms with Crippen molar-refractivity contribution in [3.05, 3.63) is 23.4 Å². The summed E-state index contributed by atoms with van der Waals surface area (Å²) in [6.07, 6.45) is 1.88. The third-order valence-electron chi connectivity index (χ3n) is 1.90. The van der Waals surface area contributed by atoms with E-state index in [1.165, 1.54) is 11.1 Å². The van der Waals surface area contributed by atoms with Gasteiger partial charge in [0.25, 0.3) is 0 Å². The first-order valence-corrected chi connectivity index (χ1v) is 4.52. The van der Waals surface area contributed by atoms with Crippen LogP contribution in [-0.2, 0) is 5.41 Å². The van der Waals surface area contributed by atoms with Crippen LogP contribution in [0.3, 0.4) is 0 Å². The number of thiol groups is 1. The Bertz CT molecular complexity index is 286. The van der Waals surface area contributed by atoms with E-state index in [4.69, 9.17) is 0 Å². The number of hydrogen-bond acceptors (Lipinski definition) is 2. The van der Waals surface area contributed by atoms with Gasteiger partial charge < -0.3 is 0 Å². The van der Waals surface area contributed by atoms with E-state index in [0.29, 0.717) is 0 Å². The molecular formula is C10H15NS. The molecule has 1 rings (SSSR count). The molecule has 0 aliphatic rings. The molecular weight excluding hydrogens is 166 g/mol. The van der Waals surface area contributed by atoms with Crippen LogP contribution in [0.1, 0.15) is 31.9 Å². The molecule has 0 aliphatic carbocycles. The van der Waals surface area contributed by atoms with Gasteiger partial charge in [0.05, 0.1) is 5.03 Å². The first-order valence-electron chi connectivity index (χ1n) is 4.07. The summed E-state index contributed by atoms with van der Waals surface area (Å²) in [5, 5.41) is 0.797. The maximum absolute atomic E-state index is 4.22. The molecule has 0 aliphatic heterocycles. The van der Waals surface area contributed by atoms with Crippen LogP contribution >= 0.6 is 12.6 Å². The highest BCUT2D eigenvalue weighted by molar-refractivity contribution is 7.80. The molecule has 0 spiro atoms. The smallest absolute Gasteiger partial charge is 0.0932 e. The van der Waals surface area contributed by atoms with Gasteiger partial charge in [0, 0.05) is 6.20 Å². The van der Waals surface area contributed by atoms with Crippen LogP contribution in [0.5, 0.6) is 0 Å². The van der Waals surface area contributed by atoms with Gasteiger partial charge in [-0.05, 0) is 29.5 Å². The highest BCUT2D eigenvalue weighted by atomic mass is 32.1. The molecule has 0 saturated carbocycles. The summed E-state index contributed by atoms with van der Waals surface area (Å²) < 4.78 is 0. The Kier molecular flexibility index (Phi) is 2.47. The van der Waals surface area contributed by atoms with Gasteiger partial charge in [-0.1, -0.05) is 20.8 Å². The lowest BCUT2D eigenvalue weighted by Crippen LogP contribution is -2.13. The van der Waals surface area contributed by atoms with E-state index in [1.807, 2.05) is 12.3 Å². The highest BCUT2D eigenvalue weighted by Crippen LogP contribution is 2.26. The normalized spacial score (nSPS) is 11.8. The minimum absolute atomic E-state index is 0.185. The molecule has 0 aromatic carbocycles. The standard InChI is InChI=1S/C10H15NS/c1-7-6-11-9(12)5-8(7)10(2,3)4/h5-6H,1-4H3,(H,11,12). The summed E-state index contributed by atoms with van der Waals surface area (Å²) in [6.45, 7) is 8.68. The average molecular weight is 181 g/mol. The molecule has 0 amide bonds. The molecule has 0 saturated heterocycles. The molecule has 66 valence electrons. The zero-order valence-corrected chi connectivity index (χ0v) is 8.94. The maximum atomic E-state index is 4.22. The Morgan fingerprint density at radius 2 is 1.92 bits per heavy atom. The molecule has 1 aromatic rings. The lowest BCUT2D eigenvalue weighted by atomic mass is 9.85. The minimum Gasteiger partial charge on any atom is -0.250 e. The highest BCUT2D eigenvalue weighted by Gasteiger charge is 2.16. The quantitative estimate of drug-likeness (QED) is 0.607. The van der Waals surface area contributed by atoms with Crippen LogP contribution in [0.4, 0.5) is 0 Å². The van der Waals surface area contributed by atoms with E-state index in [1.54, 1.807) is 0 Å². The summed E-state index contributed by atoms with van der Waals surface area (Å²) in [5.74, 6) is 0. The Balaban J connectivity index is 3.23. The topological polar surface area (TPSA) is 12.9 Å². The fourth-order valence-corrected chi connectivity index (χ4v) is 1.51. The van der Waals surface area contributed by atoms with Gasteiger partial charge >= 0.3 is 0 Å². The molecule has 0 atom stereocenters. The van der Waals surface area contributed by atoms with Crippen molar-refractivity contribution in [2.75, 3.05) is 0 Å². The first-order chi connectivity index (χ1) is 5.41. The molecule has 1 nitrogen and oxygen atoms in total. The van der Waals surface area contributed by atoms with E-state index < -0.39 is 0 Å². The number of pyridine rings is 1. The van der Waals surface area contributed by atoms with Crippen LogP contribution in [0.15, 0.2) is 17.3 Å². The van der Waals surface area contributed by atoms with Crippen molar-refractivity contribution in [3.63, 3.8) is 0 Å². The monoisotopic (exact) mass is 181 g/mol. The van der Waals surface area contributed by atoms with Gasteiger partial charge in [0.1, 0.15) is 0 Å². The number of nitrogens with zero attached hydrogens (tertiary/aromatic N) is 1. The lowest BCUT2D eigenvalue weighted by molar-refractivity contribution is 0.582. The average Bonchev–Trinajstić information content (AvgIpc) is 1.92. The van der Waals surface area contributed by atoms with Gasteiger partial charge in [-0.15, -0.1) is 12.6 Å². The van der Waals surface area contributed by atoms with Gasteiger partial charge in [0.15, 0.2) is 0 Å². The van der Waals surface area contributed by atoms with E-state index in [9.17, 15) is 0 Å². The fourth-order valence-electron chi connectivity index (χ4n) is 1.32. The predicted molar refractivity (Wildman–Crippen MR) is 54.9 cm³/mol. The summed E-state index contributed by atoms with van der Waals surface area (Å²) in [5.41, 5.74) is 2.74. The van der Waals surface area contributed by atoms with Crippen molar-refractivity contribution in [1.82, 2.24) is 4.98 Å². The van der Waals surface area contributed by atoms with Crippen LogP contribution < -0.4 is 0 Å². The number of rotatable bonds is 0. The van der Waals surface area contributed by atoms with E-state index >= 15 is 0 Å². The van der Waals surface area contributed by atoms with Gasteiger partial charge in [-0.3, -0.25) is 0 Å². The molecule has 2 heteroatoms. The van der Waals surface area contributed by atoms with Crippen molar-refractivity contribution < 1.29 is 0 Å². The molecule has 1 heterocycles. The molecule has 0 N–H and O–H groups in total. The van der Waals surface area contributed by atoms with Gasteiger partial charge in [-0.2, -0.15) is 0 Å². The summed E-state index contributed by atoms with van der Waals surface area (Å²) in [6, 6.07) is 2.04. The summed E-state index contributed by atoms with van der Waals surface area (Å²) in [7, 11) is 0. The van der Waals surface area contributed by atoms with Crippen molar-refractivity contribution in [1.29, 1.82) is 0 Å². The number of aryl methyl sites for hydroxylation is 1. The van der Waals surface area contributed by atoms with E-state index in [-0.39, 0.29) is 5.41 Å². The second-order valence-electron chi connectivity index (χ2n) is 4.11. The second kappa shape index (κ2) is 3.09. The van der Waals surface area contributed by atoms with Crippen molar-refractivity contribution in [2.24, 2.45) is 0 Å². The molecule has 0 bridgehead atoms. The Morgan fingerprint density at radius 1 is 1.33 bits per heavy atom.